The monoisotopic (exact) mass is 208 g/mol. The SMILES string of the molecule is CC(CN)C(=O)NCCS(C)(=O)=O. The summed E-state index contributed by atoms with van der Waals surface area (Å²) in [6.45, 7) is 2.11. The van der Waals surface area contributed by atoms with Crippen molar-refractivity contribution < 1.29 is 13.2 Å². The van der Waals surface area contributed by atoms with Crippen molar-refractivity contribution in [2.75, 3.05) is 25.1 Å². The Balaban J connectivity index is 3.72. The van der Waals surface area contributed by atoms with Gasteiger partial charge in [0.15, 0.2) is 0 Å². The Morgan fingerprint density at radius 2 is 2.08 bits per heavy atom. The summed E-state index contributed by atoms with van der Waals surface area (Å²) in [4.78, 5) is 11.1. The van der Waals surface area contributed by atoms with Crippen LogP contribution in [0.15, 0.2) is 0 Å². The predicted molar refractivity (Wildman–Crippen MR) is 50.9 cm³/mol. The van der Waals surface area contributed by atoms with Crippen LogP contribution in [0.1, 0.15) is 6.92 Å². The number of hydrogen-bond acceptors (Lipinski definition) is 4. The first-order valence-corrected chi connectivity index (χ1v) is 6.08. The maximum Gasteiger partial charge on any atom is 0.224 e. The molecule has 0 radical (unpaired) electrons. The number of carbonyl (C=O) groups excluding carboxylic acids is 1. The van der Waals surface area contributed by atoms with Crippen LogP contribution in [0.3, 0.4) is 0 Å². The Hall–Kier alpha value is -0.620. The number of carbonyl (C=O) groups is 1. The van der Waals surface area contributed by atoms with Gasteiger partial charge in [0.1, 0.15) is 9.84 Å². The molecule has 0 bridgehead atoms. The minimum absolute atomic E-state index is 0.0317. The molecule has 0 saturated carbocycles. The van der Waals surface area contributed by atoms with Crippen molar-refractivity contribution in [1.82, 2.24) is 5.32 Å². The molecule has 5 nitrogen and oxygen atoms in total. The van der Waals surface area contributed by atoms with Gasteiger partial charge < -0.3 is 11.1 Å². The van der Waals surface area contributed by atoms with Crippen LogP contribution in [0.25, 0.3) is 0 Å². The van der Waals surface area contributed by atoms with Gasteiger partial charge in [0.25, 0.3) is 0 Å². The number of sulfone groups is 1. The van der Waals surface area contributed by atoms with E-state index in [1.165, 1.54) is 0 Å². The van der Waals surface area contributed by atoms with E-state index in [2.05, 4.69) is 5.32 Å². The van der Waals surface area contributed by atoms with Crippen LogP contribution in [0.5, 0.6) is 0 Å². The lowest BCUT2D eigenvalue weighted by molar-refractivity contribution is -0.124. The molecule has 0 aliphatic rings. The van der Waals surface area contributed by atoms with Gasteiger partial charge in [0.05, 0.1) is 5.75 Å². The van der Waals surface area contributed by atoms with E-state index in [-0.39, 0.29) is 30.7 Å². The highest BCUT2D eigenvalue weighted by atomic mass is 32.2. The Bertz CT molecular complexity index is 261. The standard InChI is InChI=1S/C7H16N2O3S/c1-6(5-8)7(10)9-3-4-13(2,11)12/h6H,3-5,8H2,1-2H3,(H,9,10). The van der Waals surface area contributed by atoms with Gasteiger partial charge in [-0.2, -0.15) is 0 Å². The second-order valence-electron chi connectivity index (χ2n) is 3.06. The van der Waals surface area contributed by atoms with Crippen LogP contribution in [0.2, 0.25) is 0 Å². The van der Waals surface area contributed by atoms with E-state index in [1.807, 2.05) is 0 Å². The third-order valence-corrected chi connectivity index (χ3v) is 2.52. The molecule has 13 heavy (non-hydrogen) atoms. The van der Waals surface area contributed by atoms with E-state index >= 15 is 0 Å². The Morgan fingerprint density at radius 1 is 1.54 bits per heavy atom. The number of hydrogen-bond donors (Lipinski definition) is 2. The second kappa shape index (κ2) is 5.18. The molecule has 0 fully saturated rings. The van der Waals surface area contributed by atoms with Gasteiger partial charge in [-0.15, -0.1) is 0 Å². The fourth-order valence-corrected chi connectivity index (χ4v) is 1.11. The summed E-state index contributed by atoms with van der Waals surface area (Å²) in [7, 11) is -3.00. The lowest BCUT2D eigenvalue weighted by atomic mass is 10.2. The van der Waals surface area contributed by atoms with Crippen molar-refractivity contribution >= 4 is 15.7 Å². The number of nitrogens with one attached hydrogen (secondary N) is 1. The summed E-state index contributed by atoms with van der Waals surface area (Å²) in [5.41, 5.74) is 5.25. The third kappa shape index (κ3) is 6.53. The maximum atomic E-state index is 11.1. The summed E-state index contributed by atoms with van der Waals surface area (Å²) >= 11 is 0. The first-order chi connectivity index (χ1) is 5.87. The minimum Gasteiger partial charge on any atom is -0.355 e. The molecule has 0 aromatic heterocycles. The van der Waals surface area contributed by atoms with Gasteiger partial charge in [-0.05, 0) is 0 Å². The predicted octanol–water partition coefficient (Wildman–Crippen LogP) is -1.26. The van der Waals surface area contributed by atoms with Gasteiger partial charge in [-0.3, -0.25) is 4.79 Å². The van der Waals surface area contributed by atoms with E-state index in [4.69, 9.17) is 5.73 Å². The molecule has 3 N–H and O–H groups in total. The smallest absolute Gasteiger partial charge is 0.224 e. The van der Waals surface area contributed by atoms with E-state index in [0.29, 0.717) is 0 Å². The molecule has 1 amide bonds. The lowest BCUT2D eigenvalue weighted by Gasteiger charge is -2.08. The summed E-state index contributed by atoms with van der Waals surface area (Å²) in [5, 5.41) is 2.49. The van der Waals surface area contributed by atoms with Gasteiger partial charge in [-0.1, -0.05) is 6.92 Å². The van der Waals surface area contributed by atoms with Gasteiger partial charge in [-0.25, -0.2) is 8.42 Å². The fraction of sp³-hybridized carbons (Fsp3) is 0.857. The normalized spacial score (nSPS) is 13.8. The largest absolute Gasteiger partial charge is 0.355 e. The van der Waals surface area contributed by atoms with Crippen LogP contribution >= 0.6 is 0 Å². The first-order valence-electron chi connectivity index (χ1n) is 4.02. The van der Waals surface area contributed by atoms with Crippen molar-refractivity contribution in [1.29, 1.82) is 0 Å². The first kappa shape index (κ1) is 12.4. The zero-order valence-corrected chi connectivity index (χ0v) is 8.73. The van der Waals surface area contributed by atoms with Crippen molar-refractivity contribution in [3.63, 3.8) is 0 Å². The van der Waals surface area contributed by atoms with Gasteiger partial charge >= 0.3 is 0 Å². The number of rotatable bonds is 5. The third-order valence-electron chi connectivity index (χ3n) is 1.57. The molecular formula is C7H16N2O3S. The topological polar surface area (TPSA) is 89.3 Å². The van der Waals surface area contributed by atoms with Crippen LogP contribution in [-0.4, -0.2) is 39.4 Å². The summed E-state index contributed by atoms with van der Waals surface area (Å²) in [5.74, 6) is -0.499. The maximum absolute atomic E-state index is 11.1. The van der Waals surface area contributed by atoms with Gasteiger partial charge in [0.2, 0.25) is 5.91 Å². The molecular weight excluding hydrogens is 192 g/mol. The van der Waals surface area contributed by atoms with Crippen molar-refractivity contribution in [3.8, 4) is 0 Å². The number of nitrogens with two attached hydrogens (primary N) is 1. The zero-order valence-electron chi connectivity index (χ0n) is 7.91. The van der Waals surface area contributed by atoms with Crippen LogP contribution in [0, 0.1) is 5.92 Å². The van der Waals surface area contributed by atoms with E-state index in [1.54, 1.807) is 6.92 Å². The number of amides is 1. The molecule has 0 aliphatic heterocycles. The minimum atomic E-state index is -3.00. The summed E-state index contributed by atoms with van der Waals surface area (Å²) < 4.78 is 21.4. The quantitative estimate of drug-likeness (QED) is 0.590. The Kier molecular flexibility index (Phi) is 4.94. The molecule has 0 spiro atoms. The van der Waals surface area contributed by atoms with Crippen LogP contribution < -0.4 is 11.1 Å². The van der Waals surface area contributed by atoms with Crippen molar-refractivity contribution in [2.24, 2.45) is 11.7 Å². The Morgan fingerprint density at radius 3 is 2.46 bits per heavy atom. The molecule has 6 heteroatoms. The molecule has 0 saturated heterocycles. The molecule has 0 aromatic rings. The average molecular weight is 208 g/mol. The zero-order chi connectivity index (χ0) is 10.5. The molecule has 1 unspecified atom stereocenters. The van der Waals surface area contributed by atoms with Crippen LogP contribution in [0.4, 0.5) is 0 Å². The highest BCUT2D eigenvalue weighted by Gasteiger charge is 2.10. The van der Waals surface area contributed by atoms with E-state index < -0.39 is 9.84 Å². The fourth-order valence-electron chi connectivity index (χ4n) is 0.641. The molecule has 0 aromatic carbocycles. The molecule has 0 rings (SSSR count). The molecule has 1 atom stereocenters. The second-order valence-corrected chi connectivity index (χ2v) is 5.32. The average Bonchev–Trinajstić information content (AvgIpc) is 2.00. The van der Waals surface area contributed by atoms with Crippen molar-refractivity contribution in [2.45, 2.75) is 6.92 Å². The molecule has 0 aliphatic carbocycles. The van der Waals surface area contributed by atoms with Crippen LogP contribution in [-0.2, 0) is 14.6 Å². The molecule has 0 heterocycles. The summed E-state index contributed by atoms with van der Waals surface area (Å²) in [6, 6.07) is 0. The highest BCUT2D eigenvalue weighted by molar-refractivity contribution is 7.90. The highest BCUT2D eigenvalue weighted by Crippen LogP contribution is 1.90. The lowest BCUT2D eigenvalue weighted by Crippen LogP contribution is -2.35. The van der Waals surface area contributed by atoms with E-state index in [0.717, 1.165) is 6.26 Å². The van der Waals surface area contributed by atoms with E-state index in [9.17, 15) is 13.2 Å². The summed E-state index contributed by atoms with van der Waals surface area (Å²) in [6.07, 6.45) is 1.13. The Labute approximate surface area is 78.6 Å². The van der Waals surface area contributed by atoms with Gasteiger partial charge in [0, 0.05) is 25.3 Å². The van der Waals surface area contributed by atoms with Crippen molar-refractivity contribution in [3.05, 3.63) is 0 Å². The molecule has 78 valence electrons.